The molecule has 0 saturated heterocycles. The highest BCUT2D eigenvalue weighted by molar-refractivity contribution is 5.93. The smallest absolute Gasteiger partial charge is 0.437 e. The van der Waals surface area contributed by atoms with Gasteiger partial charge in [0, 0.05) is 5.39 Å². The molecular formula is C13H17N3O2. The molecule has 18 heavy (non-hydrogen) atoms. The van der Waals surface area contributed by atoms with Gasteiger partial charge in [0.15, 0.2) is 0 Å². The monoisotopic (exact) mass is 247 g/mol. The molecule has 5 nitrogen and oxygen atoms in total. The standard InChI is InChI=1S/C13H17N3O2/c1-8-5-6-10-9(7-8)11(14)16(15-10)12(17)18-13(2,3)4/h5-7H,14H2,1-4H3. The first-order valence-electron chi connectivity index (χ1n) is 5.76. The fourth-order valence-electron chi connectivity index (χ4n) is 1.66. The molecule has 1 aromatic carbocycles. The van der Waals surface area contributed by atoms with Gasteiger partial charge in [-0.05, 0) is 39.8 Å². The van der Waals surface area contributed by atoms with Crippen LogP contribution in [-0.4, -0.2) is 21.5 Å². The SMILES string of the molecule is Cc1ccc2nn(C(=O)OC(C)(C)C)c(N)c2c1. The Bertz CT molecular complexity index is 608. The number of benzene rings is 1. The molecule has 96 valence electrons. The van der Waals surface area contributed by atoms with Gasteiger partial charge in [0.05, 0.1) is 5.52 Å². The molecule has 2 aromatic rings. The zero-order chi connectivity index (χ0) is 13.5. The van der Waals surface area contributed by atoms with Gasteiger partial charge in [-0.2, -0.15) is 5.10 Å². The van der Waals surface area contributed by atoms with Gasteiger partial charge in [-0.1, -0.05) is 11.6 Å². The molecular weight excluding hydrogens is 230 g/mol. The molecule has 2 rings (SSSR count). The third-order valence-corrected chi connectivity index (χ3v) is 2.43. The Morgan fingerprint density at radius 2 is 2.06 bits per heavy atom. The summed E-state index contributed by atoms with van der Waals surface area (Å²) in [6.07, 6.45) is -0.561. The van der Waals surface area contributed by atoms with Crippen LogP contribution >= 0.6 is 0 Å². The summed E-state index contributed by atoms with van der Waals surface area (Å²) in [5.74, 6) is 0.308. The first-order valence-corrected chi connectivity index (χ1v) is 5.76. The topological polar surface area (TPSA) is 70.1 Å². The van der Waals surface area contributed by atoms with Gasteiger partial charge >= 0.3 is 6.09 Å². The summed E-state index contributed by atoms with van der Waals surface area (Å²) < 4.78 is 6.35. The zero-order valence-electron chi connectivity index (χ0n) is 11.0. The fourth-order valence-corrected chi connectivity index (χ4v) is 1.66. The Kier molecular flexibility index (Phi) is 2.77. The van der Waals surface area contributed by atoms with Crippen LogP contribution in [0.15, 0.2) is 18.2 Å². The molecule has 0 unspecified atom stereocenters. The Balaban J connectivity index is 2.46. The summed E-state index contributed by atoms with van der Waals surface area (Å²) in [4.78, 5) is 11.9. The number of carbonyl (C=O) groups excluding carboxylic acids is 1. The lowest BCUT2D eigenvalue weighted by Crippen LogP contribution is -2.28. The van der Waals surface area contributed by atoms with Gasteiger partial charge in [-0.15, -0.1) is 4.68 Å². The molecule has 0 atom stereocenters. The van der Waals surface area contributed by atoms with E-state index in [4.69, 9.17) is 10.5 Å². The highest BCUT2D eigenvalue weighted by Crippen LogP contribution is 2.22. The number of nitrogens with zero attached hydrogens (tertiary/aromatic N) is 2. The van der Waals surface area contributed by atoms with E-state index in [1.54, 1.807) is 20.8 Å². The molecule has 0 fully saturated rings. The van der Waals surface area contributed by atoms with E-state index in [1.807, 2.05) is 25.1 Å². The molecule has 2 N–H and O–H groups in total. The van der Waals surface area contributed by atoms with Crippen LogP contribution < -0.4 is 5.73 Å². The van der Waals surface area contributed by atoms with Gasteiger partial charge < -0.3 is 10.5 Å². The predicted molar refractivity (Wildman–Crippen MR) is 70.5 cm³/mol. The molecule has 0 radical (unpaired) electrons. The van der Waals surface area contributed by atoms with Crippen LogP contribution in [0.25, 0.3) is 10.9 Å². The third kappa shape index (κ3) is 2.30. The predicted octanol–water partition coefficient (Wildman–Crippen LogP) is 2.71. The van der Waals surface area contributed by atoms with Crippen LogP contribution in [0.1, 0.15) is 26.3 Å². The third-order valence-electron chi connectivity index (χ3n) is 2.43. The highest BCUT2D eigenvalue weighted by atomic mass is 16.6. The van der Waals surface area contributed by atoms with Crippen molar-refractivity contribution in [3.05, 3.63) is 23.8 Å². The minimum atomic E-state index is -0.572. The van der Waals surface area contributed by atoms with Crippen molar-refractivity contribution in [3.8, 4) is 0 Å². The van der Waals surface area contributed by atoms with Crippen molar-refractivity contribution >= 4 is 22.8 Å². The Morgan fingerprint density at radius 1 is 1.39 bits per heavy atom. The minimum absolute atomic E-state index is 0.308. The molecule has 0 aliphatic rings. The van der Waals surface area contributed by atoms with E-state index in [2.05, 4.69) is 5.10 Å². The minimum Gasteiger partial charge on any atom is -0.442 e. The molecule has 1 aromatic heterocycles. The van der Waals surface area contributed by atoms with E-state index in [0.29, 0.717) is 11.3 Å². The van der Waals surface area contributed by atoms with E-state index in [9.17, 15) is 4.79 Å². The Morgan fingerprint density at radius 3 is 2.67 bits per heavy atom. The van der Waals surface area contributed by atoms with E-state index in [-0.39, 0.29) is 0 Å². The summed E-state index contributed by atoms with van der Waals surface area (Å²) >= 11 is 0. The van der Waals surface area contributed by atoms with Crippen molar-refractivity contribution in [2.24, 2.45) is 0 Å². The largest absolute Gasteiger partial charge is 0.442 e. The summed E-state index contributed by atoms with van der Waals surface area (Å²) in [6.45, 7) is 7.36. The number of aromatic nitrogens is 2. The molecule has 0 bridgehead atoms. The first kappa shape index (κ1) is 12.4. The van der Waals surface area contributed by atoms with Crippen LogP contribution in [0, 0.1) is 6.92 Å². The second-order valence-corrected chi connectivity index (χ2v) is 5.30. The van der Waals surface area contributed by atoms with Crippen molar-refractivity contribution in [2.45, 2.75) is 33.3 Å². The number of fused-ring (bicyclic) bond motifs is 1. The van der Waals surface area contributed by atoms with E-state index in [1.165, 1.54) is 0 Å². The average Bonchev–Trinajstić information content (AvgIpc) is 2.54. The molecule has 0 aliphatic heterocycles. The number of nitrogen functional groups attached to an aromatic ring is 1. The van der Waals surface area contributed by atoms with Crippen LogP contribution in [0.2, 0.25) is 0 Å². The number of nitrogens with two attached hydrogens (primary N) is 1. The number of hydrogen-bond donors (Lipinski definition) is 1. The van der Waals surface area contributed by atoms with Crippen molar-refractivity contribution in [2.75, 3.05) is 5.73 Å². The quantitative estimate of drug-likeness (QED) is 0.777. The lowest BCUT2D eigenvalue weighted by molar-refractivity contribution is 0.0520. The highest BCUT2D eigenvalue weighted by Gasteiger charge is 2.21. The second kappa shape index (κ2) is 4.01. The van der Waals surface area contributed by atoms with Gasteiger partial charge in [0.1, 0.15) is 11.4 Å². The first-order chi connectivity index (χ1) is 8.28. The summed E-state index contributed by atoms with van der Waals surface area (Å²) in [5, 5.41) is 4.92. The number of ether oxygens (including phenoxy) is 1. The maximum Gasteiger partial charge on any atom is 0.437 e. The Labute approximate surface area is 106 Å². The van der Waals surface area contributed by atoms with E-state index in [0.717, 1.165) is 15.6 Å². The maximum absolute atomic E-state index is 11.9. The zero-order valence-corrected chi connectivity index (χ0v) is 11.0. The summed E-state index contributed by atoms with van der Waals surface area (Å²) in [7, 11) is 0. The van der Waals surface area contributed by atoms with Crippen LogP contribution in [0.3, 0.4) is 0 Å². The maximum atomic E-state index is 11.9. The second-order valence-electron chi connectivity index (χ2n) is 5.30. The molecule has 0 spiro atoms. The fraction of sp³-hybridized carbons (Fsp3) is 0.385. The normalized spacial score (nSPS) is 11.8. The van der Waals surface area contributed by atoms with Gasteiger partial charge in [-0.3, -0.25) is 0 Å². The lowest BCUT2D eigenvalue weighted by Gasteiger charge is -2.19. The molecule has 0 aliphatic carbocycles. The number of hydrogen-bond acceptors (Lipinski definition) is 4. The van der Waals surface area contributed by atoms with Crippen molar-refractivity contribution in [1.82, 2.24) is 9.78 Å². The van der Waals surface area contributed by atoms with Crippen molar-refractivity contribution < 1.29 is 9.53 Å². The molecule has 5 heteroatoms. The van der Waals surface area contributed by atoms with E-state index < -0.39 is 11.7 Å². The number of anilines is 1. The summed E-state index contributed by atoms with van der Waals surface area (Å²) in [5.41, 5.74) is 7.11. The Hall–Kier alpha value is -2.04. The van der Waals surface area contributed by atoms with Crippen molar-refractivity contribution in [3.63, 3.8) is 0 Å². The molecule has 1 heterocycles. The number of aryl methyl sites for hydroxylation is 1. The lowest BCUT2D eigenvalue weighted by atomic mass is 10.2. The van der Waals surface area contributed by atoms with E-state index >= 15 is 0 Å². The van der Waals surface area contributed by atoms with Crippen LogP contribution in [0.5, 0.6) is 0 Å². The van der Waals surface area contributed by atoms with Gasteiger partial charge in [0.25, 0.3) is 0 Å². The number of rotatable bonds is 0. The van der Waals surface area contributed by atoms with Gasteiger partial charge in [0.2, 0.25) is 0 Å². The van der Waals surface area contributed by atoms with Crippen LogP contribution in [-0.2, 0) is 4.74 Å². The molecule has 0 amide bonds. The average molecular weight is 247 g/mol. The van der Waals surface area contributed by atoms with Crippen LogP contribution in [0.4, 0.5) is 10.6 Å². The molecule has 0 saturated carbocycles. The summed E-state index contributed by atoms with van der Waals surface area (Å²) in [6, 6.07) is 5.66. The number of carbonyl (C=O) groups is 1. The van der Waals surface area contributed by atoms with Gasteiger partial charge in [-0.25, -0.2) is 4.79 Å². The van der Waals surface area contributed by atoms with Crippen molar-refractivity contribution in [1.29, 1.82) is 0 Å².